The molecule has 2 N–H and O–H groups in total. The monoisotopic (exact) mass is 325 g/mol. The van der Waals surface area contributed by atoms with Crippen LogP contribution in [0.25, 0.3) is 0 Å². The molecule has 0 aliphatic heterocycles. The Kier molecular flexibility index (Phi) is 7.28. The zero-order valence-corrected chi connectivity index (χ0v) is 13.7. The van der Waals surface area contributed by atoms with Crippen LogP contribution in [0.4, 0.5) is 0 Å². The van der Waals surface area contributed by atoms with E-state index in [1.807, 2.05) is 0 Å². The van der Waals surface area contributed by atoms with E-state index in [2.05, 4.69) is 4.72 Å². The summed E-state index contributed by atoms with van der Waals surface area (Å²) in [5.74, 6) is -2.62. The lowest BCUT2D eigenvalue weighted by Gasteiger charge is -2.23. The molecule has 0 saturated heterocycles. The van der Waals surface area contributed by atoms with Crippen molar-refractivity contribution in [1.29, 1.82) is 0 Å². The summed E-state index contributed by atoms with van der Waals surface area (Å²) in [4.78, 5) is 22.4. The van der Waals surface area contributed by atoms with E-state index >= 15 is 0 Å². The highest BCUT2D eigenvalue weighted by Crippen LogP contribution is 2.19. The Bertz CT molecular complexity index is 472. The van der Waals surface area contributed by atoms with E-state index in [9.17, 15) is 18.0 Å². The predicted molar refractivity (Wildman–Crippen MR) is 74.7 cm³/mol. The average Bonchev–Trinajstić information content (AvgIpc) is 2.35. The molecule has 2 atom stereocenters. The van der Waals surface area contributed by atoms with Crippen LogP contribution >= 0.6 is 0 Å². The summed E-state index contributed by atoms with van der Waals surface area (Å²) in [6, 6.07) is -0.849. The molecule has 21 heavy (non-hydrogen) atoms. The van der Waals surface area contributed by atoms with E-state index in [4.69, 9.17) is 14.0 Å². The van der Waals surface area contributed by atoms with Crippen molar-refractivity contribution in [3.05, 3.63) is 0 Å². The van der Waals surface area contributed by atoms with Gasteiger partial charge in [-0.1, -0.05) is 6.92 Å². The van der Waals surface area contributed by atoms with Crippen LogP contribution in [0.15, 0.2) is 0 Å². The molecule has 0 rings (SSSR count). The molecule has 9 heteroatoms. The van der Waals surface area contributed by atoms with Crippen molar-refractivity contribution in [3.8, 4) is 0 Å². The second-order valence-electron chi connectivity index (χ2n) is 5.35. The Balaban J connectivity index is 4.63. The van der Waals surface area contributed by atoms with Gasteiger partial charge in [0.2, 0.25) is 0 Å². The third-order valence-corrected chi connectivity index (χ3v) is 3.96. The molecule has 0 spiro atoms. The number of ether oxygens (including phenoxy) is 1. The molecule has 8 nitrogen and oxygen atoms in total. The number of carboxylic acids is 1. The summed E-state index contributed by atoms with van der Waals surface area (Å²) in [5, 5.41) is 8.80. The molecule has 124 valence electrons. The van der Waals surface area contributed by atoms with Gasteiger partial charge < -0.3 is 9.84 Å². The van der Waals surface area contributed by atoms with Crippen molar-refractivity contribution >= 4 is 22.2 Å². The number of carboxylic acid groups (broad SMARTS) is 1. The largest absolute Gasteiger partial charge is 0.481 e. The molecule has 0 aromatic rings. The second-order valence-corrected chi connectivity index (χ2v) is 6.73. The van der Waals surface area contributed by atoms with Gasteiger partial charge >= 0.3 is 22.2 Å². The van der Waals surface area contributed by atoms with Crippen molar-refractivity contribution < 1.29 is 32.0 Å². The van der Waals surface area contributed by atoms with Crippen LogP contribution in [0.2, 0.25) is 0 Å². The maximum absolute atomic E-state index is 11.7. The lowest BCUT2D eigenvalue weighted by molar-refractivity contribution is -0.154. The van der Waals surface area contributed by atoms with E-state index in [0.29, 0.717) is 0 Å². The number of hydrogen-bond acceptors (Lipinski definition) is 6. The van der Waals surface area contributed by atoms with Crippen molar-refractivity contribution in [2.45, 2.75) is 40.7 Å². The van der Waals surface area contributed by atoms with Gasteiger partial charge in [0.25, 0.3) is 0 Å². The number of nitrogens with one attached hydrogen (secondary N) is 1. The zero-order valence-electron chi connectivity index (χ0n) is 12.9. The maximum Gasteiger partial charge on any atom is 0.336 e. The third-order valence-electron chi connectivity index (χ3n) is 2.87. The molecule has 0 heterocycles. The highest BCUT2D eigenvalue weighted by molar-refractivity contribution is 7.84. The fourth-order valence-electron chi connectivity index (χ4n) is 1.19. The Labute approximate surface area is 125 Å². The minimum atomic E-state index is -4.16. The van der Waals surface area contributed by atoms with Crippen LogP contribution in [0.3, 0.4) is 0 Å². The molecular weight excluding hydrogens is 302 g/mol. The van der Waals surface area contributed by atoms with Gasteiger partial charge in [-0.25, -0.2) is 0 Å². The van der Waals surface area contributed by atoms with Gasteiger partial charge in [-0.2, -0.15) is 13.1 Å². The number of carbonyl (C=O) groups excluding carboxylic acids is 1. The van der Waals surface area contributed by atoms with Crippen LogP contribution in [-0.4, -0.2) is 44.7 Å². The summed E-state index contributed by atoms with van der Waals surface area (Å²) in [6.45, 7) is 7.18. The van der Waals surface area contributed by atoms with Crippen LogP contribution in [0.5, 0.6) is 0 Å². The van der Waals surface area contributed by atoms with E-state index < -0.39 is 46.2 Å². The standard InChI is InChI=1S/C12H23NO7S/c1-6-19-11(16)12(4,5)7-20-21(17,18)13-9(3)8(2)10(14)15/h8-9,13H,6-7H2,1-5H3,(H,14,15)/t8-,9-/m0/s1. The van der Waals surface area contributed by atoms with Crippen LogP contribution in [0.1, 0.15) is 34.6 Å². The van der Waals surface area contributed by atoms with Crippen LogP contribution < -0.4 is 4.72 Å². The summed E-state index contributed by atoms with van der Waals surface area (Å²) in [6.07, 6.45) is 0. The Morgan fingerprint density at radius 2 is 1.81 bits per heavy atom. The summed E-state index contributed by atoms with van der Waals surface area (Å²) in [5.41, 5.74) is -1.13. The smallest absolute Gasteiger partial charge is 0.336 e. The summed E-state index contributed by atoms with van der Waals surface area (Å²) >= 11 is 0. The predicted octanol–water partition coefficient (Wildman–Crippen LogP) is 0.536. The van der Waals surface area contributed by atoms with E-state index in [-0.39, 0.29) is 6.61 Å². The quantitative estimate of drug-likeness (QED) is 0.594. The average molecular weight is 325 g/mol. The molecule has 0 aromatic heterocycles. The maximum atomic E-state index is 11.7. The van der Waals surface area contributed by atoms with E-state index in [0.717, 1.165) is 0 Å². The van der Waals surface area contributed by atoms with Crippen molar-refractivity contribution in [3.63, 3.8) is 0 Å². The molecule has 0 bridgehead atoms. The fourth-order valence-corrected chi connectivity index (χ4v) is 2.37. The second kappa shape index (κ2) is 7.71. The first-order chi connectivity index (χ1) is 9.43. The number of esters is 1. The lowest BCUT2D eigenvalue weighted by Crippen LogP contribution is -2.42. The van der Waals surface area contributed by atoms with Crippen molar-refractivity contribution in [2.24, 2.45) is 11.3 Å². The minimum Gasteiger partial charge on any atom is -0.481 e. The van der Waals surface area contributed by atoms with Crippen LogP contribution in [0, 0.1) is 11.3 Å². The molecule has 0 aromatic carbocycles. The van der Waals surface area contributed by atoms with E-state index in [1.165, 1.54) is 27.7 Å². The summed E-state index contributed by atoms with van der Waals surface area (Å²) in [7, 11) is -4.16. The Hall–Kier alpha value is -1.19. The number of aliphatic carboxylic acids is 1. The fraction of sp³-hybridized carbons (Fsp3) is 0.833. The Morgan fingerprint density at radius 1 is 1.29 bits per heavy atom. The molecule has 0 radical (unpaired) electrons. The number of carbonyl (C=O) groups is 2. The molecule has 0 unspecified atom stereocenters. The van der Waals surface area contributed by atoms with Gasteiger partial charge in [0.15, 0.2) is 0 Å². The first kappa shape index (κ1) is 19.8. The van der Waals surface area contributed by atoms with Gasteiger partial charge in [0.1, 0.15) is 0 Å². The van der Waals surface area contributed by atoms with Crippen molar-refractivity contribution in [2.75, 3.05) is 13.2 Å². The normalized spacial score (nSPS) is 15.3. The molecule has 0 amide bonds. The van der Waals surface area contributed by atoms with Gasteiger partial charge in [-0.3, -0.25) is 13.8 Å². The SMILES string of the molecule is CCOC(=O)C(C)(C)COS(=O)(=O)N[C@@H](C)[C@H](C)C(=O)O. The number of rotatable bonds is 9. The van der Waals surface area contributed by atoms with Crippen LogP contribution in [-0.2, 0) is 28.8 Å². The molecule has 0 fully saturated rings. The first-order valence-electron chi connectivity index (χ1n) is 6.49. The molecule has 0 saturated carbocycles. The third kappa shape index (κ3) is 6.87. The number of hydrogen-bond donors (Lipinski definition) is 2. The van der Waals surface area contributed by atoms with Gasteiger partial charge in [-0.05, 0) is 27.7 Å². The highest BCUT2D eigenvalue weighted by Gasteiger charge is 2.33. The van der Waals surface area contributed by atoms with Crippen molar-refractivity contribution in [1.82, 2.24) is 4.72 Å². The topological polar surface area (TPSA) is 119 Å². The Morgan fingerprint density at radius 3 is 2.24 bits per heavy atom. The van der Waals surface area contributed by atoms with Gasteiger partial charge in [-0.15, -0.1) is 0 Å². The zero-order chi connectivity index (χ0) is 16.8. The summed E-state index contributed by atoms with van der Waals surface area (Å²) < 4.78 is 35.1. The molecule has 0 aliphatic rings. The molecular formula is C12H23NO7S. The minimum absolute atomic E-state index is 0.181. The highest BCUT2D eigenvalue weighted by atomic mass is 32.2. The molecule has 0 aliphatic carbocycles. The van der Waals surface area contributed by atoms with Gasteiger partial charge in [0, 0.05) is 6.04 Å². The lowest BCUT2D eigenvalue weighted by atomic mass is 9.95. The van der Waals surface area contributed by atoms with Gasteiger partial charge in [0.05, 0.1) is 24.5 Å². The van der Waals surface area contributed by atoms with E-state index in [1.54, 1.807) is 6.92 Å². The first-order valence-corrected chi connectivity index (χ1v) is 7.90.